The van der Waals surface area contributed by atoms with Gasteiger partial charge in [-0.05, 0) is 106 Å². The van der Waals surface area contributed by atoms with E-state index in [4.69, 9.17) is 5.73 Å². The van der Waals surface area contributed by atoms with E-state index in [1.165, 1.54) is 9.80 Å². The molecule has 10 amide bonds. The summed E-state index contributed by atoms with van der Waals surface area (Å²) in [4.78, 5) is 177. The number of carboxylic acids is 3. The Morgan fingerprint density at radius 2 is 1.01 bits per heavy atom. The van der Waals surface area contributed by atoms with Crippen molar-refractivity contribution in [3.05, 3.63) is 71.8 Å². The van der Waals surface area contributed by atoms with Gasteiger partial charge in [0.2, 0.25) is 59.1 Å². The third-order valence-electron chi connectivity index (χ3n) is 16.7. The summed E-state index contributed by atoms with van der Waals surface area (Å²) in [7, 11) is 0. The zero-order chi connectivity index (χ0) is 66.7. The number of hydrogen-bond acceptors (Lipinski definition) is 14. The van der Waals surface area contributed by atoms with E-state index < -0.39 is 139 Å². The van der Waals surface area contributed by atoms with E-state index in [1.54, 1.807) is 49.1 Å². The smallest absolute Gasteiger partial charge is 0.326 e. The maximum atomic E-state index is 14.6. The van der Waals surface area contributed by atoms with Gasteiger partial charge in [-0.15, -0.1) is 0 Å². The van der Waals surface area contributed by atoms with Crippen LogP contribution in [0.3, 0.4) is 0 Å². The highest BCUT2D eigenvalue weighted by atomic mass is 16.4. The van der Waals surface area contributed by atoms with Crippen LogP contribution in [0, 0.1) is 11.8 Å². The van der Waals surface area contributed by atoms with E-state index in [9.17, 15) is 77.6 Å². The summed E-state index contributed by atoms with van der Waals surface area (Å²) in [5, 5.41) is 47.9. The second kappa shape index (κ2) is 37.0. The number of nitrogens with zero attached hydrogens (tertiary/aromatic N) is 3. The number of benzene rings is 2. The van der Waals surface area contributed by atoms with E-state index in [-0.39, 0.29) is 88.2 Å². The summed E-state index contributed by atoms with van der Waals surface area (Å²) in [6.45, 7) is 8.30. The first-order valence-corrected chi connectivity index (χ1v) is 31.8. The highest BCUT2D eigenvalue weighted by Crippen LogP contribution is 2.25. The summed E-state index contributed by atoms with van der Waals surface area (Å²) in [6.07, 6.45) is 2.66. The highest BCUT2D eigenvalue weighted by Gasteiger charge is 2.44. The number of rotatable bonds is 37. The van der Waals surface area contributed by atoms with Gasteiger partial charge in [0.1, 0.15) is 48.3 Å². The molecule has 27 nitrogen and oxygen atoms in total. The van der Waals surface area contributed by atoms with Crippen LogP contribution >= 0.6 is 0 Å². The molecule has 3 saturated heterocycles. The predicted molar refractivity (Wildman–Crippen MR) is 332 cm³/mol. The fourth-order valence-corrected chi connectivity index (χ4v) is 11.6. The Labute approximate surface area is 530 Å². The largest absolute Gasteiger partial charge is 0.481 e. The molecule has 500 valence electrons. The first-order chi connectivity index (χ1) is 43.4. The van der Waals surface area contributed by atoms with Gasteiger partial charge >= 0.3 is 17.9 Å². The zero-order valence-electron chi connectivity index (χ0n) is 52.7. The molecule has 2 aromatic carbocycles. The first kappa shape index (κ1) is 73.2. The quantitative estimate of drug-likeness (QED) is 0.0425. The van der Waals surface area contributed by atoms with Gasteiger partial charge in [0, 0.05) is 58.4 Å². The molecule has 10 atom stereocenters. The van der Waals surface area contributed by atoms with Crippen molar-refractivity contribution in [3.63, 3.8) is 0 Å². The molecule has 0 spiro atoms. The fraction of sp³-hybridized carbons (Fsp3) is 0.609. The topological polar surface area (TPSA) is 403 Å². The number of carboxylic acid groups (broad SMARTS) is 3. The molecule has 2 aromatic rings. The SMILES string of the molecule is CC[C@H](C)[C@H](NC(=O)[C@@H]1CCCN1C(=O)[C@H](CCC(=O)O)NC(=O)[C@H](Cc1ccccc1)NC(=O)[C@H](CC(=O)O)NC(=O)CCCCNC(=O)CCCCNC(=O)[C@@H]1CCCN1C(=O)[C@H](N)Cc1ccccc1)C(=O)N1CCC[C@H]1C(=O)N[C@@H](CC(C)C)C(=O)O. The van der Waals surface area contributed by atoms with Crippen LogP contribution in [-0.2, 0) is 75.2 Å². The zero-order valence-corrected chi connectivity index (χ0v) is 52.7. The van der Waals surface area contributed by atoms with Crippen LogP contribution in [0.15, 0.2) is 60.7 Å². The lowest BCUT2D eigenvalue weighted by atomic mass is 9.96. The second-order valence-corrected chi connectivity index (χ2v) is 24.3. The van der Waals surface area contributed by atoms with E-state index in [2.05, 4.69) is 37.2 Å². The van der Waals surface area contributed by atoms with Crippen molar-refractivity contribution in [2.75, 3.05) is 32.7 Å². The third kappa shape index (κ3) is 23.4. The van der Waals surface area contributed by atoms with Crippen molar-refractivity contribution >= 4 is 77.0 Å². The maximum absolute atomic E-state index is 14.6. The molecular formula is C64H93N11O16. The van der Waals surface area contributed by atoms with E-state index in [0.717, 1.165) is 5.56 Å². The normalized spacial score (nSPS) is 18.5. The monoisotopic (exact) mass is 1270 g/mol. The molecule has 5 rings (SSSR count). The van der Waals surface area contributed by atoms with Gasteiger partial charge < -0.3 is 73.0 Å². The van der Waals surface area contributed by atoms with Crippen LogP contribution < -0.4 is 43.0 Å². The number of carbonyl (C=O) groups excluding carboxylic acids is 10. The van der Waals surface area contributed by atoms with Gasteiger partial charge in [-0.2, -0.15) is 0 Å². The summed E-state index contributed by atoms with van der Waals surface area (Å²) in [5.41, 5.74) is 7.68. The molecule has 0 saturated carbocycles. The number of nitrogens with two attached hydrogens (primary N) is 1. The lowest BCUT2D eigenvalue weighted by molar-refractivity contribution is -0.146. The molecule has 3 aliphatic rings. The molecule has 0 unspecified atom stereocenters. The van der Waals surface area contributed by atoms with Crippen molar-refractivity contribution in [2.24, 2.45) is 17.6 Å². The number of amides is 10. The molecule has 91 heavy (non-hydrogen) atoms. The van der Waals surface area contributed by atoms with Crippen LogP contribution in [0.5, 0.6) is 0 Å². The van der Waals surface area contributed by atoms with Crippen LogP contribution in [0.4, 0.5) is 0 Å². The molecule has 0 radical (unpaired) electrons. The average molecular weight is 1270 g/mol. The number of unbranched alkanes of at least 4 members (excludes halogenated alkanes) is 2. The van der Waals surface area contributed by atoms with E-state index in [1.807, 2.05) is 44.2 Å². The standard InChI is InChI=1S/C64H93N11O16/c1-5-40(4)55(63(89)75-34-18-24-49(75)59(85)71-47(64(90)91)35-39(2)3)72-60(86)50-25-17-33-74(50)62(88)44(28-29-53(78)79)69-56(82)45(37-42-21-10-7-11-22-42)70-57(83)46(38-54(80)81)68-52(77)27-13-14-30-66-51(76)26-12-15-31-67-58(84)48-23-16-32-73(48)61(87)43(65)36-41-19-8-6-9-20-41/h6-11,19-22,39-40,43-50,55H,5,12-18,23-38,65H2,1-4H3,(H,66,76)(H,67,84)(H,68,77)(H,69,82)(H,70,83)(H,71,85)(H,72,86)(H,78,79)(H,80,81)(H,90,91)/t40-,43+,44-,45-,46-,47-,48-,49-,50-,55-/m0/s1. The number of nitrogens with one attached hydrogen (secondary N) is 7. The molecule has 27 heteroatoms. The summed E-state index contributed by atoms with van der Waals surface area (Å²) in [5.74, 6) is -10.8. The summed E-state index contributed by atoms with van der Waals surface area (Å²) < 4.78 is 0. The Bertz CT molecular complexity index is 2840. The minimum Gasteiger partial charge on any atom is -0.481 e. The number of aliphatic carboxylic acids is 3. The lowest BCUT2D eigenvalue weighted by Gasteiger charge is -2.34. The van der Waals surface area contributed by atoms with Gasteiger partial charge in [0.15, 0.2) is 0 Å². The van der Waals surface area contributed by atoms with Crippen LogP contribution in [0.1, 0.15) is 148 Å². The third-order valence-corrected chi connectivity index (χ3v) is 16.7. The number of likely N-dealkylation sites (tertiary alicyclic amines) is 3. The molecular weight excluding hydrogens is 1180 g/mol. The second-order valence-electron chi connectivity index (χ2n) is 24.3. The Morgan fingerprint density at radius 1 is 0.516 bits per heavy atom. The maximum Gasteiger partial charge on any atom is 0.326 e. The van der Waals surface area contributed by atoms with E-state index in [0.29, 0.717) is 76.4 Å². The fourth-order valence-electron chi connectivity index (χ4n) is 11.6. The first-order valence-electron chi connectivity index (χ1n) is 31.8. The highest BCUT2D eigenvalue weighted by molar-refractivity contribution is 5.99. The van der Waals surface area contributed by atoms with Gasteiger partial charge in [-0.25, -0.2) is 4.79 Å². The molecule has 0 bridgehead atoms. The molecule has 3 heterocycles. The minimum atomic E-state index is -1.68. The van der Waals surface area contributed by atoms with Crippen LogP contribution in [0.2, 0.25) is 0 Å². The predicted octanol–water partition coefficient (Wildman–Crippen LogP) is 1.29. The molecule has 0 aliphatic carbocycles. The van der Waals surface area contributed by atoms with E-state index >= 15 is 0 Å². The van der Waals surface area contributed by atoms with Gasteiger partial charge in [-0.3, -0.25) is 57.5 Å². The molecule has 3 aliphatic heterocycles. The Morgan fingerprint density at radius 3 is 1.55 bits per heavy atom. The number of carbonyl (C=O) groups is 13. The number of hydrogen-bond donors (Lipinski definition) is 11. The minimum absolute atomic E-state index is 0.00681. The van der Waals surface area contributed by atoms with Crippen molar-refractivity contribution in [1.82, 2.24) is 51.9 Å². The Kier molecular flexibility index (Phi) is 29.8. The van der Waals surface area contributed by atoms with Crippen molar-refractivity contribution in [1.29, 1.82) is 0 Å². The Balaban J connectivity index is 1.14. The van der Waals surface area contributed by atoms with Gasteiger partial charge in [0.25, 0.3) is 0 Å². The molecule has 12 N–H and O–H groups in total. The molecule has 0 aromatic heterocycles. The Hall–Kier alpha value is -8.49. The lowest BCUT2D eigenvalue weighted by Crippen LogP contribution is -2.60. The van der Waals surface area contributed by atoms with Crippen molar-refractivity contribution < 1.29 is 77.6 Å². The van der Waals surface area contributed by atoms with Gasteiger partial charge in [-0.1, -0.05) is 94.8 Å². The summed E-state index contributed by atoms with van der Waals surface area (Å²) in [6, 6.07) is 7.04. The van der Waals surface area contributed by atoms with Crippen molar-refractivity contribution in [2.45, 2.75) is 204 Å². The average Bonchev–Trinajstić information content (AvgIpc) is 1.88. The molecule has 3 fully saturated rings. The van der Waals surface area contributed by atoms with Crippen LogP contribution in [0.25, 0.3) is 0 Å². The van der Waals surface area contributed by atoms with Crippen molar-refractivity contribution in [3.8, 4) is 0 Å². The summed E-state index contributed by atoms with van der Waals surface area (Å²) >= 11 is 0. The van der Waals surface area contributed by atoms with Gasteiger partial charge in [0.05, 0.1) is 12.5 Å². The van der Waals surface area contributed by atoms with Crippen LogP contribution in [-0.4, -0.2) is 194 Å².